The zero-order chi connectivity index (χ0) is 22.0. The van der Waals surface area contributed by atoms with Gasteiger partial charge in [-0.3, -0.25) is 4.79 Å². The van der Waals surface area contributed by atoms with E-state index < -0.39 is 0 Å². The number of tetrazole rings is 1. The maximum absolute atomic E-state index is 12.8. The number of rotatable bonds is 8. The van der Waals surface area contributed by atoms with E-state index in [4.69, 9.17) is 0 Å². The summed E-state index contributed by atoms with van der Waals surface area (Å²) in [5.41, 5.74) is 2.63. The topological polar surface area (TPSA) is 101 Å². The van der Waals surface area contributed by atoms with Crippen molar-refractivity contribution in [2.24, 2.45) is 5.92 Å². The number of hydrogen-bond donors (Lipinski definition) is 3. The molecule has 1 unspecified atom stereocenters. The van der Waals surface area contributed by atoms with Crippen LogP contribution in [0.1, 0.15) is 68.6 Å². The van der Waals surface area contributed by atoms with E-state index in [-0.39, 0.29) is 24.1 Å². The second-order valence-corrected chi connectivity index (χ2v) is 9.16. The number of pyridine rings is 1. The molecule has 2 aromatic heterocycles. The van der Waals surface area contributed by atoms with E-state index in [0.29, 0.717) is 24.7 Å². The molecule has 0 amide bonds. The molecule has 2 atom stereocenters. The first-order valence-electron chi connectivity index (χ1n) is 11.3. The standard InChI is InChI=1S/C23H32N6O2/c1-15(2)21(22-25-26-27-29(22)19-6-4-5-7-19)28(10-11-30)14-18-13-17-12-16(3)8-9-20(17)24-23(18)31/h8-9,12-13,15,19,21,30H,4-7,10-11,14H2,1-3H3,(H,24,31)/p+1/t21-/m1/s1. The van der Waals surface area contributed by atoms with Crippen LogP contribution in [0.25, 0.3) is 10.9 Å². The summed E-state index contributed by atoms with van der Waals surface area (Å²) in [6.07, 6.45) is 4.61. The summed E-state index contributed by atoms with van der Waals surface area (Å²) in [4.78, 5) is 17.0. The zero-order valence-corrected chi connectivity index (χ0v) is 18.6. The lowest BCUT2D eigenvalue weighted by Gasteiger charge is -2.30. The molecule has 0 aliphatic heterocycles. The summed E-state index contributed by atoms with van der Waals surface area (Å²) in [6.45, 7) is 7.42. The Morgan fingerprint density at radius 2 is 2.03 bits per heavy atom. The monoisotopic (exact) mass is 425 g/mol. The van der Waals surface area contributed by atoms with E-state index in [1.165, 1.54) is 12.8 Å². The van der Waals surface area contributed by atoms with Crippen LogP contribution in [-0.2, 0) is 6.54 Å². The summed E-state index contributed by atoms with van der Waals surface area (Å²) in [7, 11) is 0. The average molecular weight is 426 g/mol. The van der Waals surface area contributed by atoms with E-state index in [1.54, 1.807) is 0 Å². The highest BCUT2D eigenvalue weighted by Gasteiger charge is 2.35. The summed E-state index contributed by atoms with van der Waals surface area (Å²) >= 11 is 0. The molecule has 0 radical (unpaired) electrons. The van der Waals surface area contributed by atoms with E-state index >= 15 is 0 Å². The number of hydrogen-bond acceptors (Lipinski definition) is 5. The number of nitrogens with one attached hydrogen (secondary N) is 2. The number of aliphatic hydroxyl groups excluding tert-OH is 1. The van der Waals surface area contributed by atoms with Crippen molar-refractivity contribution in [2.45, 2.75) is 65.1 Å². The number of aromatic amines is 1. The SMILES string of the molecule is Cc1ccc2[nH]c(=O)c(C[NH+](CCO)[C@@H](c3nnnn3C3CCCC3)C(C)C)cc2c1. The van der Waals surface area contributed by atoms with Gasteiger partial charge in [0.25, 0.3) is 5.56 Å². The summed E-state index contributed by atoms with van der Waals surface area (Å²) in [5.74, 6) is 1.10. The van der Waals surface area contributed by atoms with Crippen LogP contribution in [0.4, 0.5) is 0 Å². The lowest BCUT2D eigenvalue weighted by Crippen LogP contribution is -3.12. The summed E-state index contributed by atoms with van der Waals surface area (Å²) in [5, 5.41) is 23.6. The van der Waals surface area contributed by atoms with Crippen LogP contribution in [0.2, 0.25) is 0 Å². The molecule has 3 aromatic rings. The van der Waals surface area contributed by atoms with Gasteiger partial charge in [0.1, 0.15) is 13.1 Å². The second-order valence-electron chi connectivity index (χ2n) is 9.16. The lowest BCUT2D eigenvalue weighted by atomic mass is 10.00. The van der Waals surface area contributed by atoms with Gasteiger partial charge in [-0.2, -0.15) is 0 Å². The van der Waals surface area contributed by atoms with Crippen LogP contribution in [0, 0.1) is 12.8 Å². The highest BCUT2D eigenvalue weighted by molar-refractivity contribution is 5.79. The van der Waals surface area contributed by atoms with Crippen LogP contribution in [-0.4, -0.2) is 43.4 Å². The largest absolute Gasteiger partial charge is 0.391 e. The summed E-state index contributed by atoms with van der Waals surface area (Å²) < 4.78 is 2.00. The number of quaternary nitrogens is 1. The number of aromatic nitrogens is 5. The number of nitrogens with zero attached hydrogens (tertiary/aromatic N) is 4. The van der Waals surface area contributed by atoms with Crippen LogP contribution >= 0.6 is 0 Å². The molecule has 1 aliphatic carbocycles. The van der Waals surface area contributed by atoms with Gasteiger partial charge in [-0.05, 0) is 53.8 Å². The Balaban J connectivity index is 1.70. The average Bonchev–Trinajstić information content (AvgIpc) is 3.40. The van der Waals surface area contributed by atoms with Crippen molar-refractivity contribution < 1.29 is 10.0 Å². The maximum atomic E-state index is 12.8. The Labute approximate surface area is 182 Å². The molecule has 0 spiro atoms. The normalized spacial score (nSPS) is 16.9. The fraction of sp³-hybridized carbons (Fsp3) is 0.565. The summed E-state index contributed by atoms with van der Waals surface area (Å²) in [6, 6.07) is 8.33. The van der Waals surface area contributed by atoms with Gasteiger partial charge in [-0.15, -0.1) is 5.10 Å². The van der Waals surface area contributed by atoms with Gasteiger partial charge < -0.3 is 15.0 Å². The van der Waals surface area contributed by atoms with E-state index in [2.05, 4.69) is 40.4 Å². The van der Waals surface area contributed by atoms with Crippen LogP contribution in [0.15, 0.2) is 29.1 Å². The van der Waals surface area contributed by atoms with Gasteiger partial charge in [-0.25, -0.2) is 4.68 Å². The minimum absolute atomic E-state index is 0.0182. The Kier molecular flexibility index (Phi) is 6.48. The van der Waals surface area contributed by atoms with Crippen molar-refractivity contribution in [2.75, 3.05) is 13.2 Å². The second kappa shape index (κ2) is 9.28. The first kappa shape index (κ1) is 21.6. The van der Waals surface area contributed by atoms with E-state index in [9.17, 15) is 9.90 Å². The predicted octanol–water partition coefficient (Wildman–Crippen LogP) is 1.71. The molecule has 4 rings (SSSR count). The van der Waals surface area contributed by atoms with Crippen LogP contribution < -0.4 is 10.5 Å². The first-order valence-corrected chi connectivity index (χ1v) is 11.3. The highest BCUT2D eigenvalue weighted by atomic mass is 16.3. The minimum atomic E-state index is -0.0790. The minimum Gasteiger partial charge on any atom is -0.391 e. The third kappa shape index (κ3) is 4.55. The van der Waals surface area contributed by atoms with Gasteiger partial charge in [0.05, 0.1) is 18.2 Å². The Morgan fingerprint density at radius 3 is 2.74 bits per heavy atom. The first-order chi connectivity index (χ1) is 15.0. The number of aliphatic hydroxyl groups is 1. The molecule has 8 nitrogen and oxygen atoms in total. The smallest absolute Gasteiger partial charge is 0.257 e. The molecule has 2 heterocycles. The van der Waals surface area contributed by atoms with Crippen LogP contribution in [0.5, 0.6) is 0 Å². The number of H-pyrrole nitrogens is 1. The van der Waals surface area contributed by atoms with Crippen molar-refractivity contribution in [3.63, 3.8) is 0 Å². The van der Waals surface area contributed by atoms with Gasteiger partial charge >= 0.3 is 0 Å². The van der Waals surface area contributed by atoms with Crippen molar-refractivity contribution >= 4 is 10.9 Å². The molecule has 1 aliphatic rings. The van der Waals surface area contributed by atoms with Gasteiger partial charge in [0, 0.05) is 11.4 Å². The molecular formula is C23H33N6O2+. The molecule has 0 saturated heterocycles. The molecule has 1 aromatic carbocycles. The Morgan fingerprint density at radius 1 is 1.26 bits per heavy atom. The third-order valence-electron chi connectivity index (χ3n) is 6.50. The van der Waals surface area contributed by atoms with Gasteiger partial charge in [-0.1, -0.05) is 38.3 Å². The molecule has 1 saturated carbocycles. The molecule has 166 valence electrons. The van der Waals surface area contributed by atoms with Crippen LogP contribution in [0.3, 0.4) is 0 Å². The van der Waals surface area contributed by atoms with Crippen molar-refractivity contribution in [3.05, 3.63) is 51.6 Å². The quantitative estimate of drug-likeness (QED) is 0.510. The number of fused-ring (bicyclic) bond motifs is 1. The van der Waals surface area contributed by atoms with Crippen molar-refractivity contribution in [1.82, 2.24) is 25.2 Å². The fourth-order valence-corrected chi connectivity index (χ4v) is 5.01. The van der Waals surface area contributed by atoms with Gasteiger partial charge in [0.2, 0.25) is 5.82 Å². The molecule has 8 heteroatoms. The number of aryl methyl sites for hydroxylation is 1. The molecule has 0 bridgehead atoms. The van der Waals surface area contributed by atoms with Gasteiger partial charge in [0.15, 0.2) is 6.04 Å². The highest BCUT2D eigenvalue weighted by Crippen LogP contribution is 2.31. The molecule has 1 fully saturated rings. The molecule has 31 heavy (non-hydrogen) atoms. The van der Waals surface area contributed by atoms with E-state index in [0.717, 1.165) is 40.0 Å². The zero-order valence-electron chi connectivity index (χ0n) is 18.6. The Hall–Kier alpha value is -2.58. The number of benzene rings is 1. The predicted molar refractivity (Wildman–Crippen MR) is 119 cm³/mol. The fourth-order valence-electron chi connectivity index (χ4n) is 5.01. The molecule has 3 N–H and O–H groups in total. The lowest BCUT2D eigenvalue weighted by molar-refractivity contribution is -0.950. The van der Waals surface area contributed by atoms with Crippen molar-refractivity contribution in [1.29, 1.82) is 0 Å². The Bertz CT molecular complexity index is 1080. The van der Waals surface area contributed by atoms with Crippen molar-refractivity contribution in [3.8, 4) is 0 Å². The van der Waals surface area contributed by atoms with E-state index in [1.807, 2.05) is 29.8 Å². The third-order valence-corrected chi connectivity index (χ3v) is 6.50. The maximum Gasteiger partial charge on any atom is 0.257 e. The molecular weight excluding hydrogens is 392 g/mol.